The number of carbonyl (C=O) groups is 3. The van der Waals surface area contributed by atoms with Gasteiger partial charge < -0.3 is 19.8 Å². The van der Waals surface area contributed by atoms with Gasteiger partial charge in [-0.25, -0.2) is 0 Å². The quantitative estimate of drug-likeness (QED) is 0.494. The van der Waals surface area contributed by atoms with Gasteiger partial charge in [0.2, 0.25) is 17.7 Å². The van der Waals surface area contributed by atoms with Gasteiger partial charge in [-0.3, -0.25) is 14.4 Å². The maximum Gasteiger partial charge on any atom is 0.246 e. The van der Waals surface area contributed by atoms with Crippen LogP contribution in [0.4, 0.5) is 0 Å². The summed E-state index contributed by atoms with van der Waals surface area (Å²) < 4.78 is 0. The molecule has 210 valence electrons. The number of amides is 3. The molecule has 2 aliphatic rings. The zero-order valence-electron chi connectivity index (χ0n) is 23.8. The molecule has 2 aliphatic heterocycles. The minimum atomic E-state index is -0.638. The van der Waals surface area contributed by atoms with Crippen LogP contribution in [0.15, 0.2) is 54.6 Å². The monoisotopic (exact) mass is 533 g/mol. The van der Waals surface area contributed by atoms with Crippen LogP contribution in [0, 0.1) is 11.8 Å². The van der Waals surface area contributed by atoms with Gasteiger partial charge in [-0.1, -0.05) is 70.2 Å². The highest BCUT2D eigenvalue weighted by Crippen LogP contribution is 2.31. The lowest BCUT2D eigenvalue weighted by Crippen LogP contribution is -2.73. The summed E-state index contributed by atoms with van der Waals surface area (Å²) >= 11 is 0. The molecule has 3 atom stereocenters. The Kier molecular flexibility index (Phi) is 9.31. The average molecular weight is 534 g/mol. The van der Waals surface area contributed by atoms with Crippen molar-refractivity contribution < 1.29 is 19.5 Å². The van der Waals surface area contributed by atoms with E-state index in [0.29, 0.717) is 44.8 Å². The summed E-state index contributed by atoms with van der Waals surface area (Å²) in [4.78, 5) is 47.2. The molecule has 0 aliphatic carbocycles. The second kappa shape index (κ2) is 12.7. The zero-order chi connectivity index (χ0) is 28.1. The first-order chi connectivity index (χ1) is 18.6. The van der Waals surface area contributed by atoms with Crippen molar-refractivity contribution in [2.75, 3.05) is 19.6 Å². The van der Waals surface area contributed by atoms with Gasteiger partial charge in [0.05, 0.1) is 6.04 Å². The molecule has 4 rings (SSSR count). The third-order valence-corrected chi connectivity index (χ3v) is 7.91. The highest BCUT2D eigenvalue weighted by molar-refractivity contribution is 5.94. The third-order valence-electron chi connectivity index (χ3n) is 7.91. The molecule has 0 bridgehead atoms. The van der Waals surface area contributed by atoms with Crippen LogP contribution >= 0.6 is 0 Å². The lowest BCUT2D eigenvalue weighted by Gasteiger charge is -2.53. The first-order valence-corrected chi connectivity index (χ1v) is 14.4. The molecule has 1 N–H and O–H groups in total. The van der Waals surface area contributed by atoms with E-state index in [1.807, 2.05) is 52.3 Å². The summed E-state index contributed by atoms with van der Waals surface area (Å²) in [6, 6.07) is 15.4. The van der Waals surface area contributed by atoms with E-state index in [2.05, 4.69) is 27.7 Å². The summed E-state index contributed by atoms with van der Waals surface area (Å²) in [6.07, 6.45) is 2.76. The van der Waals surface area contributed by atoms with Gasteiger partial charge in [0.15, 0.2) is 0 Å². The molecular weight excluding hydrogens is 490 g/mol. The number of fused-ring (bicyclic) bond motifs is 1. The van der Waals surface area contributed by atoms with Crippen molar-refractivity contribution in [2.24, 2.45) is 11.8 Å². The number of nitrogens with zero attached hydrogens (tertiary/aromatic N) is 3. The third kappa shape index (κ3) is 7.00. The fourth-order valence-corrected chi connectivity index (χ4v) is 5.80. The number of piperazine rings is 2. The highest BCUT2D eigenvalue weighted by Gasteiger charge is 2.50. The number of phenols is 1. The van der Waals surface area contributed by atoms with Crippen LogP contribution < -0.4 is 0 Å². The number of aryl methyl sites for hydroxylation is 1. The lowest BCUT2D eigenvalue weighted by molar-refractivity contribution is -0.170. The number of hydrogen-bond acceptors (Lipinski definition) is 4. The first kappa shape index (κ1) is 28.7. The Balaban J connectivity index is 1.61. The van der Waals surface area contributed by atoms with Gasteiger partial charge in [0.25, 0.3) is 0 Å². The van der Waals surface area contributed by atoms with E-state index in [9.17, 15) is 19.5 Å². The Morgan fingerprint density at radius 2 is 1.56 bits per heavy atom. The normalized spacial score (nSPS) is 21.6. The molecule has 0 spiro atoms. The largest absolute Gasteiger partial charge is 0.508 e. The molecule has 7 heteroatoms. The number of benzene rings is 2. The smallest absolute Gasteiger partial charge is 0.246 e. The minimum absolute atomic E-state index is 0.0412. The summed E-state index contributed by atoms with van der Waals surface area (Å²) in [6.45, 7) is 10.0. The van der Waals surface area contributed by atoms with E-state index >= 15 is 0 Å². The van der Waals surface area contributed by atoms with Gasteiger partial charge in [0.1, 0.15) is 17.8 Å². The fraction of sp³-hybridized carbons (Fsp3) is 0.531. The van der Waals surface area contributed by atoms with Gasteiger partial charge in [-0.05, 0) is 54.4 Å². The Labute approximate surface area is 232 Å². The van der Waals surface area contributed by atoms with Crippen LogP contribution in [0.2, 0.25) is 0 Å². The molecule has 0 radical (unpaired) electrons. The van der Waals surface area contributed by atoms with Crippen LogP contribution in [0.5, 0.6) is 5.75 Å². The lowest BCUT2D eigenvalue weighted by atomic mass is 9.90. The molecule has 2 aromatic carbocycles. The van der Waals surface area contributed by atoms with Crippen LogP contribution in [0.25, 0.3) is 0 Å². The van der Waals surface area contributed by atoms with Gasteiger partial charge in [0, 0.05) is 32.5 Å². The van der Waals surface area contributed by atoms with Crippen molar-refractivity contribution in [3.63, 3.8) is 0 Å². The molecule has 39 heavy (non-hydrogen) atoms. The fourth-order valence-electron chi connectivity index (χ4n) is 5.80. The molecule has 2 saturated heterocycles. The summed E-state index contributed by atoms with van der Waals surface area (Å²) in [5.41, 5.74) is 1.96. The van der Waals surface area contributed by atoms with E-state index in [0.717, 1.165) is 17.5 Å². The van der Waals surface area contributed by atoms with Crippen LogP contribution in [-0.4, -0.2) is 75.3 Å². The van der Waals surface area contributed by atoms with Crippen molar-refractivity contribution in [1.82, 2.24) is 14.7 Å². The number of rotatable bonds is 10. The maximum absolute atomic E-state index is 14.2. The topological polar surface area (TPSA) is 81.2 Å². The SMILES string of the molecule is CC(C)CCN1C[C@@H]2CN(C(=O)CCc3ccc(O)cc3)[C@@H](Cc3ccccc3)C(=O)N2[C@@H](CC(C)C)C1=O. The molecule has 2 aromatic rings. The standard InChI is InChI=1S/C32H43N3O4/c1-22(2)16-17-33-20-26-21-34(30(37)15-12-24-10-13-27(36)14-11-24)28(19-25-8-6-5-7-9-25)32(39)35(26)29(31(33)38)18-23(3)4/h5-11,13-14,22-23,26,28-29,36H,12,15-21H2,1-4H3/t26-,28+,29+/m1/s1. The van der Waals surface area contributed by atoms with Crippen molar-refractivity contribution in [1.29, 1.82) is 0 Å². The average Bonchev–Trinajstić information content (AvgIpc) is 2.90. The second-order valence-corrected chi connectivity index (χ2v) is 11.9. The van der Waals surface area contributed by atoms with Crippen molar-refractivity contribution in [3.05, 3.63) is 65.7 Å². The van der Waals surface area contributed by atoms with E-state index in [1.165, 1.54) is 0 Å². The number of hydrogen-bond donors (Lipinski definition) is 1. The second-order valence-electron chi connectivity index (χ2n) is 11.9. The van der Waals surface area contributed by atoms with E-state index in [4.69, 9.17) is 0 Å². The zero-order valence-corrected chi connectivity index (χ0v) is 23.8. The summed E-state index contributed by atoms with van der Waals surface area (Å²) in [5.74, 6) is 0.799. The molecule has 2 fully saturated rings. The van der Waals surface area contributed by atoms with Crippen LogP contribution in [0.1, 0.15) is 58.1 Å². The van der Waals surface area contributed by atoms with E-state index in [-0.39, 0.29) is 41.9 Å². The predicted molar refractivity (Wildman–Crippen MR) is 152 cm³/mol. The molecule has 2 heterocycles. The van der Waals surface area contributed by atoms with E-state index in [1.54, 1.807) is 17.0 Å². The highest BCUT2D eigenvalue weighted by atomic mass is 16.3. The summed E-state index contributed by atoms with van der Waals surface area (Å²) in [7, 11) is 0. The van der Waals surface area contributed by atoms with Crippen molar-refractivity contribution >= 4 is 17.7 Å². The Bertz CT molecular complexity index is 1130. The van der Waals surface area contributed by atoms with Gasteiger partial charge in [-0.2, -0.15) is 0 Å². The predicted octanol–water partition coefficient (Wildman–Crippen LogP) is 4.28. The molecule has 7 nitrogen and oxygen atoms in total. The van der Waals surface area contributed by atoms with Gasteiger partial charge >= 0.3 is 0 Å². The molecular formula is C32H43N3O4. The molecule has 3 amide bonds. The Hall–Kier alpha value is -3.35. The Morgan fingerprint density at radius 3 is 2.21 bits per heavy atom. The summed E-state index contributed by atoms with van der Waals surface area (Å²) in [5, 5.41) is 9.59. The number of phenolic OH excluding ortho intramolecular Hbond substituents is 1. The Morgan fingerprint density at radius 1 is 0.872 bits per heavy atom. The first-order valence-electron chi connectivity index (χ1n) is 14.4. The minimum Gasteiger partial charge on any atom is -0.508 e. The molecule has 0 aromatic heterocycles. The number of aromatic hydroxyl groups is 1. The number of carbonyl (C=O) groups excluding carboxylic acids is 3. The van der Waals surface area contributed by atoms with Crippen LogP contribution in [0.3, 0.4) is 0 Å². The van der Waals surface area contributed by atoms with Gasteiger partial charge in [-0.15, -0.1) is 0 Å². The molecule has 0 saturated carbocycles. The van der Waals surface area contributed by atoms with Crippen molar-refractivity contribution in [3.8, 4) is 5.75 Å². The van der Waals surface area contributed by atoms with E-state index < -0.39 is 12.1 Å². The maximum atomic E-state index is 14.2. The molecule has 0 unspecified atom stereocenters. The van der Waals surface area contributed by atoms with Crippen LogP contribution in [-0.2, 0) is 27.2 Å². The van der Waals surface area contributed by atoms with Crippen molar-refractivity contribution in [2.45, 2.75) is 77.9 Å².